The number of hydrogen-bond acceptors (Lipinski definition) is 0. The maximum Gasteiger partial charge on any atom is 0.0505 e. The standard InChI is InChI=1S/C20H10Cl4/c21-12-3-1-2-11(6-12)7-16-17-8-13(22)4-5-15(17)20-18(16)9-14(23)10-19(20)24/h1-10H. The van der Waals surface area contributed by atoms with Crippen LogP contribution in [0.1, 0.15) is 16.7 Å². The molecule has 0 saturated carbocycles. The van der Waals surface area contributed by atoms with Gasteiger partial charge in [0.25, 0.3) is 0 Å². The van der Waals surface area contributed by atoms with Crippen molar-refractivity contribution in [3.05, 3.63) is 91.4 Å². The molecule has 1 aliphatic rings. The van der Waals surface area contributed by atoms with Crippen molar-refractivity contribution in [2.75, 3.05) is 0 Å². The lowest BCUT2D eigenvalue weighted by atomic mass is 10.0. The van der Waals surface area contributed by atoms with Crippen LogP contribution in [0.25, 0.3) is 22.8 Å². The molecular formula is C20H10Cl4. The summed E-state index contributed by atoms with van der Waals surface area (Å²) < 4.78 is 0. The predicted octanol–water partition coefficient (Wildman–Crippen LogP) is 7.87. The Labute approximate surface area is 160 Å². The van der Waals surface area contributed by atoms with Gasteiger partial charge in [-0.2, -0.15) is 0 Å². The number of fused-ring (bicyclic) bond motifs is 3. The fourth-order valence-corrected chi connectivity index (χ4v) is 4.05. The van der Waals surface area contributed by atoms with Gasteiger partial charge in [-0.15, -0.1) is 0 Å². The zero-order chi connectivity index (χ0) is 16.8. The van der Waals surface area contributed by atoms with E-state index in [2.05, 4.69) is 6.08 Å². The fraction of sp³-hybridized carbons (Fsp3) is 0. The summed E-state index contributed by atoms with van der Waals surface area (Å²) >= 11 is 25.0. The number of benzene rings is 3. The third kappa shape index (κ3) is 2.74. The molecule has 0 heterocycles. The quantitative estimate of drug-likeness (QED) is 0.309. The Morgan fingerprint density at radius 2 is 1.38 bits per heavy atom. The van der Waals surface area contributed by atoms with Gasteiger partial charge in [0.05, 0.1) is 5.02 Å². The van der Waals surface area contributed by atoms with Gasteiger partial charge in [-0.1, -0.05) is 64.6 Å². The molecule has 0 nitrogen and oxygen atoms in total. The SMILES string of the molecule is Clc1cccc(C=C2c3cc(Cl)ccc3-c3c(Cl)cc(Cl)cc32)c1. The van der Waals surface area contributed by atoms with Crippen LogP contribution in [0.15, 0.2) is 54.6 Å². The van der Waals surface area contributed by atoms with Crippen LogP contribution in [0.5, 0.6) is 0 Å². The Bertz CT molecular complexity index is 1000. The minimum absolute atomic E-state index is 0.606. The summed E-state index contributed by atoms with van der Waals surface area (Å²) in [5.74, 6) is 0. The normalized spacial score (nSPS) is 13.9. The number of halogens is 4. The van der Waals surface area contributed by atoms with E-state index in [0.717, 1.165) is 33.4 Å². The van der Waals surface area contributed by atoms with E-state index in [1.165, 1.54) is 0 Å². The average Bonchev–Trinajstić information content (AvgIpc) is 2.81. The van der Waals surface area contributed by atoms with E-state index in [1.807, 2.05) is 48.5 Å². The molecule has 4 rings (SSSR count). The third-order valence-electron chi connectivity index (χ3n) is 4.05. The summed E-state index contributed by atoms with van der Waals surface area (Å²) in [5.41, 5.74) is 6.14. The Hall–Kier alpha value is -1.44. The fourth-order valence-electron chi connectivity index (χ4n) is 3.08. The van der Waals surface area contributed by atoms with Crippen molar-refractivity contribution in [3.63, 3.8) is 0 Å². The van der Waals surface area contributed by atoms with Gasteiger partial charge >= 0.3 is 0 Å². The molecule has 0 unspecified atom stereocenters. The summed E-state index contributed by atoms with van der Waals surface area (Å²) in [4.78, 5) is 0. The van der Waals surface area contributed by atoms with Crippen LogP contribution in [-0.4, -0.2) is 0 Å². The molecule has 0 aromatic heterocycles. The predicted molar refractivity (Wildman–Crippen MR) is 105 cm³/mol. The average molecular weight is 392 g/mol. The zero-order valence-electron chi connectivity index (χ0n) is 12.3. The van der Waals surface area contributed by atoms with Gasteiger partial charge in [0, 0.05) is 20.6 Å². The smallest absolute Gasteiger partial charge is 0.0505 e. The molecule has 0 spiro atoms. The Kier molecular flexibility index (Phi) is 4.10. The monoisotopic (exact) mass is 390 g/mol. The summed E-state index contributed by atoms with van der Waals surface area (Å²) in [6.45, 7) is 0. The molecule has 24 heavy (non-hydrogen) atoms. The molecule has 0 radical (unpaired) electrons. The van der Waals surface area contributed by atoms with Crippen LogP contribution < -0.4 is 0 Å². The Morgan fingerprint density at radius 1 is 0.625 bits per heavy atom. The van der Waals surface area contributed by atoms with Crippen LogP contribution in [0.3, 0.4) is 0 Å². The lowest BCUT2D eigenvalue weighted by Gasteiger charge is -2.05. The maximum absolute atomic E-state index is 6.47. The Morgan fingerprint density at radius 3 is 2.17 bits per heavy atom. The lowest BCUT2D eigenvalue weighted by Crippen LogP contribution is -1.83. The molecule has 0 aliphatic heterocycles. The van der Waals surface area contributed by atoms with Gasteiger partial charge in [-0.05, 0) is 70.3 Å². The second-order valence-corrected chi connectivity index (χ2v) is 7.33. The minimum Gasteiger partial charge on any atom is -0.0843 e. The third-order valence-corrected chi connectivity index (χ3v) is 5.03. The zero-order valence-corrected chi connectivity index (χ0v) is 15.3. The molecule has 0 saturated heterocycles. The maximum atomic E-state index is 6.47. The molecule has 3 aromatic carbocycles. The summed E-state index contributed by atoms with van der Waals surface area (Å²) in [6, 6.07) is 17.2. The largest absolute Gasteiger partial charge is 0.0843 e. The van der Waals surface area contributed by atoms with E-state index in [4.69, 9.17) is 46.4 Å². The molecule has 0 N–H and O–H groups in total. The highest BCUT2D eigenvalue weighted by Gasteiger charge is 2.26. The molecule has 3 aromatic rings. The van der Waals surface area contributed by atoms with E-state index in [0.29, 0.717) is 20.1 Å². The molecule has 1 aliphatic carbocycles. The highest BCUT2D eigenvalue weighted by atomic mass is 35.5. The number of hydrogen-bond donors (Lipinski definition) is 0. The molecule has 0 atom stereocenters. The van der Waals surface area contributed by atoms with Gasteiger partial charge in [0.2, 0.25) is 0 Å². The molecule has 0 amide bonds. The van der Waals surface area contributed by atoms with E-state index >= 15 is 0 Å². The van der Waals surface area contributed by atoms with Crippen LogP contribution in [0.2, 0.25) is 20.1 Å². The van der Waals surface area contributed by atoms with Crippen molar-refractivity contribution in [2.45, 2.75) is 0 Å². The van der Waals surface area contributed by atoms with Gasteiger partial charge in [-0.3, -0.25) is 0 Å². The highest BCUT2D eigenvalue weighted by molar-refractivity contribution is 6.38. The summed E-state index contributed by atoms with van der Waals surface area (Å²) in [7, 11) is 0. The van der Waals surface area contributed by atoms with Crippen molar-refractivity contribution in [1.29, 1.82) is 0 Å². The minimum atomic E-state index is 0.606. The van der Waals surface area contributed by atoms with E-state index in [1.54, 1.807) is 6.07 Å². The van der Waals surface area contributed by atoms with Gasteiger partial charge in [0.15, 0.2) is 0 Å². The first-order chi connectivity index (χ1) is 11.5. The molecule has 0 fully saturated rings. The Balaban J connectivity index is 2.03. The first-order valence-electron chi connectivity index (χ1n) is 7.30. The van der Waals surface area contributed by atoms with Crippen molar-refractivity contribution < 1.29 is 0 Å². The molecule has 0 bridgehead atoms. The van der Waals surface area contributed by atoms with E-state index in [9.17, 15) is 0 Å². The van der Waals surface area contributed by atoms with Gasteiger partial charge in [0.1, 0.15) is 0 Å². The molecule has 4 heteroatoms. The van der Waals surface area contributed by atoms with Crippen LogP contribution in [-0.2, 0) is 0 Å². The second-order valence-electron chi connectivity index (χ2n) is 5.61. The van der Waals surface area contributed by atoms with Crippen molar-refractivity contribution in [3.8, 4) is 11.1 Å². The van der Waals surface area contributed by atoms with Gasteiger partial charge in [-0.25, -0.2) is 0 Å². The second kappa shape index (κ2) is 6.13. The summed E-state index contributed by atoms with van der Waals surface area (Å²) in [6.07, 6.45) is 2.08. The molecular weight excluding hydrogens is 382 g/mol. The summed E-state index contributed by atoms with van der Waals surface area (Å²) in [5, 5.41) is 2.61. The first kappa shape index (κ1) is 16.1. The highest BCUT2D eigenvalue weighted by Crippen LogP contribution is 2.49. The van der Waals surface area contributed by atoms with Gasteiger partial charge < -0.3 is 0 Å². The van der Waals surface area contributed by atoms with Crippen molar-refractivity contribution >= 4 is 58.1 Å². The van der Waals surface area contributed by atoms with Crippen molar-refractivity contribution in [2.24, 2.45) is 0 Å². The molecule has 118 valence electrons. The van der Waals surface area contributed by atoms with E-state index in [-0.39, 0.29) is 0 Å². The van der Waals surface area contributed by atoms with Crippen LogP contribution in [0, 0.1) is 0 Å². The first-order valence-corrected chi connectivity index (χ1v) is 8.81. The lowest BCUT2D eigenvalue weighted by molar-refractivity contribution is 1.64. The van der Waals surface area contributed by atoms with Crippen molar-refractivity contribution in [1.82, 2.24) is 0 Å². The topological polar surface area (TPSA) is 0 Å². The van der Waals surface area contributed by atoms with Crippen LogP contribution in [0.4, 0.5) is 0 Å². The number of rotatable bonds is 1. The van der Waals surface area contributed by atoms with Crippen LogP contribution >= 0.6 is 46.4 Å². The van der Waals surface area contributed by atoms with E-state index < -0.39 is 0 Å².